The Morgan fingerprint density at radius 2 is 2.25 bits per heavy atom. The highest BCUT2D eigenvalue weighted by molar-refractivity contribution is 9.10. The van der Waals surface area contributed by atoms with Crippen LogP contribution >= 0.6 is 15.9 Å². The Kier molecular flexibility index (Phi) is 2.05. The van der Waals surface area contributed by atoms with Crippen LogP contribution in [0.1, 0.15) is 19.8 Å². The number of likely N-dealkylation sites (N-methyl/N-ethyl adjacent to an activating group) is 1. The summed E-state index contributed by atoms with van der Waals surface area (Å²) in [7, 11) is 0. The van der Waals surface area contributed by atoms with Crippen molar-refractivity contribution in [2.24, 2.45) is 0 Å². The summed E-state index contributed by atoms with van der Waals surface area (Å²) >= 11 is 3.57. The predicted octanol–water partition coefficient (Wildman–Crippen LogP) is 2.76. The lowest BCUT2D eigenvalue weighted by Gasteiger charge is -2.38. The molecule has 84 valence electrons. The molecule has 1 amide bonds. The lowest BCUT2D eigenvalue weighted by molar-refractivity contribution is -0.118. The van der Waals surface area contributed by atoms with E-state index in [9.17, 15) is 4.79 Å². The van der Waals surface area contributed by atoms with Gasteiger partial charge in [-0.3, -0.25) is 4.79 Å². The predicted molar refractivity (Wildman–Crippen MR) is 67.8 cm³/mol. The van der Waals surface area contributed by atoms with Gasteiger partial charge < -0.3 is 10.2 Å². The van der Waals surface area contributed by atoms with Crippen LogP contribution in [0.25, 0.3) is 0 Å². The molecule has 1 N–H and O–H groups in total. The monoisotopic (exact) mass is 280 g/mol. The maximum atomic E-state index is 12.1. The molecule has 0 radical (unpaired) electrons. The average molecular weight is 281 g/mol. The molecule has 1 aliphatic carbocycles. The van der Waals surface area contributed by atoms with E-state index in [-0.39, 0.29) is 11.4 Å². The first-order chi connectivity index (χ1) is 7.69. The average Bonchev–Trinajstić information content (AvgIpc) is 3.03. The fourth-order valence-electron chi connectivity index (χ4n) is 2.54. The molecule has 1 aromatic carbocycles. The lowest BCUT2D eigenvalue weighted by atomic mass is 10.1. The summed E-state index contributed by atoms with van der Waals surface area (Å²) in [6, 6.07) is 5.92. The third-order valence-corrected chi connectivity index (χ3v) is 4.12. The SMILES string of the molecule is CCN1c2c(Br)cccc2NC(=O)C12CC2. The van der Waals surface area contributed by atoms with Crippen molar-refractivity contribution in [3.63, 3.8) is 0 Å². The molecular weight excluding hydrogens is 268 g/mol. The molecular formula is C12H13BrN2O. The van der Waals surface area contributed by atoms with Crippen LogP contribution in [0.4, 0.5) is 11.4 Å². The number of nitrogens with zero attached hydrogens (tertiary/aromatic N) is 1. The van der Waals surface area contributed by atoms with Crippen molar-refractivity contribution in [3.05, 3.63) is 22.7 Å². The first-order valence-corrected chi connectivity index (χ1v) is 6.36. The van der Waals surface area contributed by atoms with Crippen LogP contribution in [0.2, 0.25) is 0 Å². The number of fused-ring (bicyclic) bond motifs is 1. The number of hydrogen-bond donors (Lipinski definition) is 1. The van der Waals surface area contributed by atoms with Crippen LogP contribution in [-0.2, 0) is 4.79 Å². The van der Waals surface area contributed by atoms with Gasteiger partial charge in [0.05, 0.1) is 11.4 Å². The van der Waals surface area contributed by atoms with Crippen LogP contribution in [0.15, 0.2) is 22.7 Å². The van der Waals surface area contributed by atoms with Crippen molar-refractivity contribution in [3.8, 4) is 0 Å². The molecule has 1 aliphatic heterocycles. The molecule has 1 aromatic rings. The lowest BCUT2D eigenvalue weighted by Crippen LogP contribution is -2.50. The van der Waals surface area contributed by atoms with E-state index in [2.05, 4.69) is 33.1 Å². The van der Waals surface area contributed by atoms with Gasteiger partial charge in [0.15, 0.2) is 0 Å². The normalized spacial score (nSPS) is 20.6. The number of hydrogen-bond acceptors (Lipinski definition) is 2. The summed E-state index contributed by atoms with van der Waals surface area (Å²) in [5.41, 5.74) is 1.78. The van der Waals surface area contributed by atoms with Crippen LogP contribution in [0.3, 0.4) is 0 Å². The summed E-state index contributed by atoms with van der Waals surface area (Å²) in [6.07, 6.45) is 1.93. The van der Waals surface area contributed by atoms with Crippen LogP contribution < -0.4 is 10.2 Å². The minimum atomic E-state index is -0.258. The Balaban J connectivity index is 2.18. The topological polar surface area (TPSA) is 32.3 Å². The largest absolute Gasteiger partial charge is 0.355 e. The number of para-hydroxylation sites is 1. The molecule has 1 saturated carbocycles. The molecule has 0 bridgehead atoms. The number of carbonyl (C=O) groups is 1. The zero-order chi connectivity index (χ0) is 11.3. The van der Waals surface area contributed by atoms with E-state index in [0.29, 0.717) is 0 Å². The highest BCUT2D eigenvalue weighted by atomic mass is 79.9. The summed E-state index contributed by atoms with van der Waals surface area (Å²) in [5, 5.41) is 3.01. The van der Waals surface area contributed by atoms with Gasteiger partial charge >= 0.3 is 0 Å². The van der Waals surface area contributed by atoms with E-state index in [1.165, 1.54) is 0 Å². The zero-order valence-corrected chi connectivity index (χ0v) is 10.7. The van der Waals surface area contributed by atoms with E-state index in [1.807, 2.05) is 18.2 Å². The fourth-order valence-corrected chi connectivity index (χ4v) is 3.12. The van der Waals surface area contributed by atoms with Crippen LogP contribution in [0, 0.1) is 0 Å². The number of nitrogens with one attached hydrogen (secondary N) is 1. The van der Waals surface area contributed by atoms with Gasteiger partial charge in [-0.15, -0.1) is 0 Å². The Bertz CT molecular complexity index is 468. The molecule has 1 fully saturated rings. The molecule has 0 aromatic heterocycles. The summed E-state index contributed by atoms with van der Waals surface area (Å²) in [5.74, 6) is 0.153. The number of anilines is 2. The van der Waals surface area contributed by atoms with Crippen LogP contribution in [0.5, 0.6) is 0 Å². The fraction of sp³-hybridized carbons (Fsp3) is 0.417. The van der Waals surface area contributed by atoms with E-state index < -0.39 is 0 Å². The molecule has 4 heteroatoms. The highest BCUT2D eigenvalue weighted by Gasteiger charge is 2.57. The second kappa shape index (κ2) is 3.23. The summed E-state index contributed by atoms with van der Waals surface area (Å²) < 4.78 is 1.05. The van der Waals surface area contributed by atoms with Crippen molar-refractivity contribution in [1.29, 1.82) is 0 Å². The molecule has 3 rings (SSSR count). The standard InChI is InChI=1S/C12H13BrN2O/c1-2-15-10-8(13)4-3-5-9(10)14-11(16)12(15)6-7-12/h3-5H,2,6-7H2,1H3,(H,14,16). The van der Waals surface area contributed by atoms with Crippen molar-refractivity contribution < 1.29 is 4.79 Å². The van der Waals surface area contributed by atoms with Crippen molar-refractivity contribution in [1.82, 2.24) is 0 Å². The van der Waals surface area contributed by atoms with Gasteiger partial charge in [0.1, 0.15) is 5.54 Å². The number of benzene rings is 1. The molecule has 16 heavy (non-hydrogen) atoms. The van der Waals surface area contributed by atoms with Crippen molar-refractivity contribution in [2.75, 3.05) is 16.8 Å². The molecule has 0 saturated heterocycles. The van der Waals surface area contributed by atoms with Gasteiger partial charge in [-0.2, -0.15) is 0 Å². The minimum Gasteiger partial charge on any atom is -0.355 e. The molecule has 0 atom stereocenters. The highest BCUT2D eigenvalue weighted by Crippen LogP contribution is 2.51. The smallest absolute Gasteiger partial charge is 0.250 e. The number of carbonyl (C=O) groups excluding carboxylic acids is 1. The Morgan fingerprint density at radius 3 is 2.88 bits per heavy atom. The Morgan fingerprint density at radius 1 is 1.50 bits per heavy atom. The van der Waals surface area contributed by atoms with Gasteiger partial charge in [0.25, 0.3) is 0 Å². The Hall–Kier alpha value is -1.03. The zero-order valence-electron chi connectivity index (χ0n) is 9.09. The van der Waals surface area contributed by atoms with Crippen molar-refractivity contribution >= 4 is 33.2 Å². The first-order valence-electron chi connectivity index (χ1n) is 5.56. The van der Waals surface area contributed by atoms with E-state index in [0.717, 1.165) is 35.2 Å². The number of rotatable bonds is 1. The third-order valence-electron chi connectivity index (χ3n) is 3.48. The molecule has 0 unspecified atom stereocenters. The van der Waals surface area contributed by atoms with E-state index in [1.54, 1.807) is 0 Å². The quantitative estimate of drug-likeness (QED) is 0.858. The summed E-state index contributed by atoms with van der Waals surface area (Å²) in [4.78, 5) is 14.3. The second-order valence-corrected chi connectivity index (χ2v) is 5.22. The van der Waals surface area contributed by atoms with Gasteiger partial charge in [0.2, 0.25) is 5.91 Å². The van der Waals surface area contributed by atoms with Crippen LogP contribution in [-0.4, -0.2) is 18.0 Å². The molecule has 1 spiro atoms. The summed E-state index contributed by atoms with van der Waals surface area (Å²) in [6.45, 7) is 2.96. The Labute approximate surface area is 103 Å². The first kappa shape index (κ1) is 10.1. The van der Waals surface area contributed by atoms with Gasteiger partial charge in [-0.05, 0) is 47.8 Å². The maximum Gasteiger partial charge on any atom is 0.250 e. The maximum absolute atomic E-state index is 12.1. The van der Waals surface area contributed by atoms with Gasteiger partial charge in [0, 0.05) is 11.0 Å². The minimum absolute atomic E-state index is 0.153. The van der Waals surface area contributed by atoms with E-state index in [4.69, 9.17) is 0 Å². The van der Waals surface area contributed by atoms with Gasteiger partial charge in [-0.25, -0.2) is 0 Å². The number of amides is 1. The number of halogens is 1. The van der Waals surface area contributed by atoms with Gasteiger partial charge in [-0.1, -0.05) is 6.07 Å². The van der Waals surface area contributed by atoms with Crippen molar-refractivity contribution in [2.45, 2.75) is 25.3 Å². The van der Waals surface area contributed by atoms with E-state index >= 15 is 0 Å². The molecule has 3 nitrogen and oxygen atoms in total. The third kappa shape index (κ3) is 1.16. The molecule has 2 aliphatic rings. The molecule has 1 heterocycles. The second-order valence-electron chi connectivity index (χ2n) is 4.37.